The molecule has 8 heteroatoms. The van der Waals surface area contributed by atoms with Gasteiger partial charge in [-0.05, 0) is 53.9 Å². The number of nitrogens with one attached hydrogen (secondary N) is 2. The third kappa shape index (κ3) is 5.80. The number of amidine groups is 1. The Labute approximate surface area is 191 Å². The van der Waals surface area contributed by atoms with Gasteiger partial charge in [-0.25, -0.2) is 4.79 Å². The first-order chi connectivity index (χ1) is 15.9. The fraction of sp³-hybridized carbons (Fsp3) is 0.160. The number of aromatic nitrogens is 1. The molecule has 166 valence electrons. The number of amides is 1. The predicted octanol–water partition coefficient (Wildman–Crippen LogP) is 2.81. The summed E-state index contributed by atoms with van der Waals surface area (Å²) < 4.78 is 5.13. The van der Waals surface area contributed by atoms with E-state index in [9.17, 15) is 14.9 Å². The molecule has 0 unspecified atom stereocenters. The van der Waals surface area contributed by atoms with E-state index in [1.165, 1.54) is 6.20 Å². The molecule has 0 fully saturated rings. The number of hydrogen-bond acceptors (Lipinski definition) is 6. The van der Waals surface area contributed by atoms with Crippen molar-refractivity contribution >= 4 is 17.7 Å². The summed E-state index contributed by atoms with van der Waals surface area (Å²) in [6, 6.07) is 18.5. The molecular formula is C25H23N5O3. The number of benzene rings is 2. The van der Waals surface area contributed by atoms with Gasteiger partial charge in [-0.3, -0.25) is 15.2 Å². The maximum absolute atomic E-state index is 12.9. The van der Waals surface area contributed by atoms with E-state index in [1.807, 2.05) is 12.1 Å². The number of nitrogen functional groups attached to an aromatic ring is 1. The van der Waals surface area contributed by atoms with Crippen molar-refractivity contribution in [2.24, 2.45) is 5.73 Å². The van der Waals surface area contributed by atoms with Crippen LogP contribution >= 0.6 is 0 Å². The van der Waals surface area contributed by atoms with Gasteiger partial charge in [-0.2, -0.15) is 5.26 Å². The highest BCUT2D eigenvalue weighted by atomic mass is 16.5. The maximum atomic E-state index is 12.9. The molecule has 1 atom stereocenters. The van der Waals surface area contributed by atoms with Crippen molar-refractivity contribution in [3.8, 4) is 17.2 Å². The minimum atomic E-state index is -0.932. The molecule has 8 nitrogen and oxygen atoms in total. The molecule has 2 aromatic carbocycles. The van der Waals surface area contributed by atoms with Crippen LogP contribution in [-0.4, -0.2) is 35.3 Å². The average Bonchev–Trinajstić information content (AvgIpc) is 2.84. The number of pyridine rings is 1. The minimum Gasteiger partial charge on any atom is -0.464 e. The number of rotatable bonds is 8. The van der Waals surface area contributed by atoms with Crippen molar-refractivity contribution in [1.29, 1.82) is 10.7 Å². The maximum Gasteiger partial charge on any atom is 0.328 e. The van der Waals surface area contributed by atoms with Crippen LogP contribution in [0.5, 0.6) is 0 Å². The normalized spacial score (nSPS) is 11.2. The highest BCUT2D eigenvalue weighted by molar-refractivity contribution is 5.97. The molecule has 1 heterocycles. The van der Waals surface area contributed by atoms with Gasteiger partial charge >= 0.3 is 5.97 Å². The monoisotopic (exact) mass is 441 g/mol. The molecule has 0 aliphatic carbocycles. The molecule has 1 amide bonds. The van der Waals surface area contributed by atoms with Crippen LogP contribution in [0.15, 0.2) is 66.9 Å². The number of ether oxygens (including phenoxy) is 1. The first kappa shape index (κ1) is 23.2. The Morgan fingerprint density at radius 3 is 2.58 bits per heavy atom. The number of esters is 1. The quantitative estimate of drug-likeness (QED) is 0.279. The Morgan fingerprint density at radius 2 is 1.91 bits per heavy atom. The van der Waals surface area contributed by atoms with E-state index in [4.69, 9.17) is 15.9 Å². The van der Waals surface area contributed by atoms with Crippen LogP contribution in [-0.2, 0) is 16.0 Å². The summed E-state index contributed by atoms with van der Waals surface area (Å²) in [7, 11) is 0. The zero-order valence-corrected chi connectivity index (χ0v) is 18.0. The third-order valence-corrected chi connectivity index (χ3v) is 4.92. The Kier molecular flexibility index (Phi) is 7.50. The molecule has 0 saturated heterocycles. The van der Waals surface area contributed by atoms with Crippen molar-refractivity contribution < 1.29 is 14.3 Å². The number of carbonyl (C=O) groups is 2. The number of nitrogens with two attached hydrogens (primary N) is 1. The zero-order valence-electron chi connectivity index (χ0n) is 18.0. The lowest BCUT2D eigenvalue weighted by molar-refractivity contribution is -0.145. The van der Waals surface area contributed by atoms with Crippen molar-refractivity contribution in [2.75, 3.05) is 6.61 Å². The molecule has 0 bridgehead atoms. The summed E-state index contributed by atoms with van der Waals surface area (Å²) >= 11 is 0. The standard InChI is InChI=1S/C25H23N5O3/c1-2-33-25(32)22(14-16-11-12-29-21(13-16)23(27)28)30-24(31)18-9-7-17(8-10-18)20-6-4-3-5-19(20)15-26/h3-13,22H,2,14H2,1H3,(H3,27,28)(H,30,31)/t22-/m0/s1. The summed E-state index contributed by atoms with van der Waals surface area (Å²) in [6.07, 6.45) is 1.65. The highest BCUT2D eigenvalue weighted by Crippen LogP contribution is 2.23. The van der Waals surface area contributed by atoms with Crippen LogP contribution in [0.2, 0.25) is 0 Å². The molecule has 4 N–H and O–H groups in total. The number of nitrogens with zero attached hydrogens (tertiary/aromatic N) is 2. The summed E-state index contributed by atoms with van der Waals surface area (Å²) in [5.74, 6) is -1.19. The first-order valence-electron chi connectivity index (χ1n) is 10.3. The molecular weight excluding hydrogens is 418 g/mol. The van der Waals surface area contributed by atoms with Crippen molar-refractivity contribution in [2.45, 2.75) is 19.4 Å². The lowest BCUT2D eigenvalue weighted by Gasteiger charge is -2.18. The highest BCUT2D eigenvalue weighted by Gasteiger charge is 2.23. The van der Waals surface area contributed by atoms with Gasteiger partial charge in [0.15, 0.2) is 0 Å². The summed E-state index contributed by atoms with van der Waals surface area (Å²) in [4.78, 5) is 29.4. The van der Waals surface area contributed by atoms with E-state index in [1.54, 1.807) is 55.5 Å². The van der Waals surface area contributed by atoms with Gasteiger partial charge in [0, 0.05) is 18.2 Å². The lowest BCUT2D eigenvalue weighted by atomic mass is 9.99. The molecule has 33 heavy (non-hydrogen) atoms. The van der Waals surface area contributed by atoms with Gasteiger partial charge in [0.25, 0.3) is 5.91 Å². The second-order valence-electron chi connectivity index (χ2n) is 7.18. The van der Waals surface area contributed by atoms with Gasteiger partial charge in [-0.1, -0.05) is 30.3 Å². The van der Waals surface area contributed by atoms with Crippen LogP contribution in [0.3, 0.4) is 0 Å². The number of nitriles is 1. The van der Waals surface area contributed by atoms with Gasteiger partial charge in [-0.15, -0.1) is 0 Å². The van der Waals surface area contributed by atoms with Gasteiger partial charge in [0.05, 0.1) is 18.2 Å². The molecule has 3 aromatic rings. The van der Waals surface area contributed by atoms with Crippen LogP contribution in [0, 0.1) is 16.7 Å². The predicted molar refractivity (Wildman–Crippen MR) is 123 cm³/mol. The fourth-order valence-corrected chi connectivity index (χ4v) is 3.30. The van der Waals surface area contributed by atoms with E-state index in [-0.39, 0.29) is 24.6 Å². The van der Waals surface area contributed by atoms with Gasteiger partial charge in [0.2, 0.25) is 0 Å². The van der Waals surface area contributed by atoms with E-state index in [0.717, 1.165) is 11.1 Å². The number of carbonyl (C=O) groups excluding carboxylic acids is 2. The zero-order chi connectivity index (χ0) is 23.8. The SMILES string of the molecule is CCOC(=O)[C@H](Cc1ccnc(C(=N)N)c1)NC(=O)c1ccc(-c2ccccc2C#N)cc1. The topological polar surface area (TPSA) is 142 Å². The Balaban J connectivity index is 1.79. The van der Waals surface area contributed by atoms with E-state index in [2.05, 4.69) is 16.4 Å². The largest absolute Gasteiger partial charge is 0.464 e. The summed E-state index contributed by atoms with van der Waals surface area (Å²) in [5, 5.41) is 19.6. The Hall–Kier alpha value is -4.51. The van der Waals surface area contributed by atoms with Crippen LogP contribution in [0.4, 0.5) is 0 Å². The summed E-state index contributed by atoms with van der Waals surface area (Å²) in [6.45, 7) is 1.86. The van der Waals surface area contributed by atoms with Gasteiger partial charge < -0.3 is 15.8 Å². The second kappa shape index (κ2) is 10.7. The summed E-state index contributed by atoms with van der Waals surface area (Å²) in [5.41, 5.74) is 8.94. The van der Waals surface area contributed by atoms with E-state index < -0.39 is 17.9 Å². The first-order valence-corrected chi connectivity index (χ1v) is 10.3. The second-order valence-corrected chi connectivity index (χ2v) is 7.18. The van der Waals surface area contributed by atoms with Crippen LogP contribution < -0.4 is 11.1 Å². The molecule has 3 rings (SSSR count). The van der Waals surface area contributed by atoms with Crippen molar-refractivity contribution in [3.63, 3.8) is 0 Å². The van der Waals surface area contributed by atoms with E-state index in [0.29, 0.717) is 16.7 Å². The minimum absolute atomic E-state index is 0.154. The molecule has 1 aromatic heterocycles. The Bertz CT molecular complexity index is 1220. The molecule has 0 aliphatic heterocycles. The molecule has 0 saturated carbocycles. The van der Waals surface area contributed by atoms with Crippen molar-refractivity contribution in [3.05, 3.63) is 89.2 Å². The lowest BCUT2D eigenvalue weighted by Crippen LogP contribution is -2.43. The molecule has 0 spiro atoms. The fourth-order valence-electron chi connectivity index (χ4n) is 3.30. The van der Waals surface area contributed by atoms with Crippen LogP contribution in [0.1, 0.15) is 34.1 Å². The van der Waals surface area contributed by atoms with Crippen LogP contribution in [0.25, 0.3) is 11.1 Å². The number of hydrogen-bond donors (Lipinski definition) is 3. The average molecular weight is 441 g/mol. The third-order valence-electron chi connectivity index (χ3n) is 4.92. The van der Waals surface area contributed by atoms with Gasteiger partial charge in [0.1, 0.15) is 17.6 Å². The molecule has 0 radical (unpaired) electrons. The van der Waals surface area contributed by atoms with Crippen molar-refractivity contribution in [1.82, 2.24) is 10.3 Å². The molecule has 0 aliphatic rings. The van der Waals surface area contributed by atoms with E-state index >= 15 is 0 Å². The Morgan fingerprint density at radius 1 is 1.18 bits per heavy atom. The smallest absolute Gasteiger partial charge is 0.328 e.